The van der Waals surface area contributed by atoms with Crippen molar-refractivity contribution >= 4 is 5.97 Å². The van der Waals surface area contributed by atoms with Gasteiger partial charge in [-0.05, 0) is 38.3 Å². The van der Waals surface area contributed by atoms with Crippen LogP contribution in [0.2, 0.25) is 0 Å². The Hall–Kier alpha value is -1.62. The molecule has 0 fully saturated rings. The van der Waals surface area contributed by atoms with Crippen LogP contribution in [0.1, 0.15) is 37.7 Å². The van der Waals surface area contributed by atoms with E-state index in [1.807, 2.05) is 31.9 Å². The molecule has 5 heteroatoms. The molecule has 1 aromatic rings. The Morgan fingerprint density at radius 2 is 2.05 bits per heavy atom. The molecule has 2 N–H and O–H groups in total. The van der Waals surface area contributed by atoms with E-state index < -0.39 is 12.0 Å². The lowest BCUT2D eigenvalue weighted by molar-refractivity contribution is -0.140. The topological polar surface area (TPSA) is 69.2 Å². The Morgan fingerprint density at radius 3 is 2.48 bits per heavy atom. The number of aliphatic carboxylic acids is 1. The third-order valence-electron chi connectivity index (χ3n) is 3.50. The van der Waals surface area contributed by atoms with Crippen molar-refractivity contribution in [3.63, 3.8) is 0 Å². The van der Waals surface area contributed by atoms with Crippen LogP contribution in [0.3, 0.4) is 0 Å². The molecular formula is C16H27N3O2. The number of rotatable bonds is 6. The van der Waals surface area contributed by atoms with Crippen LogP contribution in [-0.2, 0) is 11.2 Å². The molecular weight excluding hydrogens is 266 g/mol. The van der Waals surface area contributed by atoms with E-state index in [4.69, 9.17) is 0 Å². The summed E-state index contributed by atoms with van der Waals surface area (Å²) in [6.45, 7) is 10.8. The summed E-state index contributed by atoms with van der Waals surface area (Å²) < 4.78 is 0. The maximum Gasteiger partial charge on any atom is 0.324 e. The molecule has 0 saturated heterocycles. The first-order chi connectivity index (χ1) is 9.61. The van der Waals surface area contributed by atoms with E-state index >= 15 is 0 Å². The summed E-state index contributed by atoms with van der Waals surface area (Å²) in [7, 11) is 1.84. The Bertz CT molecular complexity index is 493. The monoisotopic (exact) mass is 293 g/mol. The van der Waals surface area contributed by atoms with Crippen LogP contribution in [-0.4, -0.2) is 45.8 Å². The highest BCUT2D eigenvalue weighted by molar-refractivity contribution is 5.75. The quantitative estimate of drug-likeness (QED) is 0.791. The molecule has 0 aliphatic rings. The summed E-state index contributed by atoms with van der Waals surface area (Å²) in [6, 6.07) is -0.600. The Balaban J connectivity index is 2.72. The summed E-state index contributed by atoms with van der Waals surface area (Å²) in [6.07, 6.45) is 4.52. The van der Waals surface area contributed by atoms with Gasteiger partial charge >= 0.3 is 5.97 Å². The zero-order valence-corrected chi connectivity index (χ0v) is 13.9. The van der Waals surface area contributed by atoms with Crippen LogP contribution in [0.5, 0.6) is 0 Å². The normalized spacial score (nSPS) is 14.0. The number of aromatic nitrogens is 2. The minimum absolute atomic E-state index is 0.0216. The highest BCUT2D eigenvalue weighted by atomic mass is 16.4. The van der Waals surface area contributed by atoms with Crippen molar-refractivity contribution in [2.24, 2.45) is 5.41 Å². The first-order valence-corrected chi connectivity index (χ1v) is 7.24. The van der Waals surface area contributed by atoms with Crippen LogP contribution in [0, 0.1) is 19.3 Å². The number of likely N-dealkylation sites (N-methyl/N-ethyl adjacent to an activating group) is 1. The average molecular weight is 293 g/mol. The maximum absolute atomic E-state index is 11.4. The molecule has 0 aliphatic carbocycles. The van der Waals surface area contributed by atoms with Crippen LogP contribution < -0.4 is 0 Å². The number of aryl methyl sites for hydroxylation is 2. The molecule has 0 aromatic carbocycles. The number of aromatic amines is 1. The lowest BCUT2D eigenvalue weighted by Crippen LogP contribution is -2.38. The van der Waals surface area contributed by atoms with Gasteiger partial charge in [0.15, 0.2) is 0 Å². The second kappa shape index (κ2) is 6.89. The van der Waals surface area contributed by atoms with Crippen LogP contribution >= 0.6 is 0 Å². The SMILES string of the molecule is Cc1n[nH]c(C)c1CCN(C)C(C=CC(C)(C)C)C(=O)O. The van der Waals surface area contributed by atoms with E-state index in [0.717, 1.165) is 17.8 Å². The summed E-state index contributed by atoms with van der Waals surface area (Å²) in [4.78, 5) is 13.3. The van der Waals surface area contributed by atoms with Gasteiger partial charge in [-0.2, -0.15) is 5.10 Å². The fourth-order valence-electron chi connectivity index (χ4n) is 2.17. The largest absolute Gasteiger partial charge is 0.480 e. The van der Waals surface area contributed by atoms with Crippen molar-refractivity contribution < 1.29 is 9.90 Å². The first kappa shape index (κ1) is 17.4. The number of hydrogen-bond acceptors (Lipinski definition) is 3. The fraction of sp³-hybridized carbons (Fsp3) is 0.625. The fourth-order valence-corrected chi connectivity index (χ4v) is 2.17. The van der Waals surface area contributed by atoms with Gasteiger partial charge in [-0.25, -0.2) is 0 Å². The molecule has 1 aromatic heterocycles. The number of carbonyl (C=O) groups is 1. The maximum atomic E-state index is 11.4. The van der Waals surface area contributed by atoms with E-state index in [2.05, 4.69) is 31.0 Å². The third kappa shape index (κ3) is 5.34. The van der Waals surface area contributed by atoms with Gasteiger partial charge in [0.25, 0.3) is 0 Å². The predicted octanol–water partition coefficient (Wildman–Crippen LogP) is 2.56. The molecule has 1 unspecified atom stereocenters. The van der Waals surface area contributed by atoms with E-state index in [-0.39, 0.29) is 5.41 Å². The van der Waals surface area contributed by atoms with E-state index in [1.54, 1.807) is 6.08 Å². The number of nitrogens with one attached hydrogen (secondary N) is 1. The molecule has 0 bridgehead atoms. The molecule has 118 valence electrons. The Labute approximate surface area is 127 Å². The molecule has 5 nitrogen and oxygen atoms in total. The minimum Gasteiger partial charge on any atom is -0.480 e. The zero-order valence-electron chi connectivity index (χ0n) is 13.9. The van der Waals surface area contributed by atoms with Crippen molar-refractivity contribution in [2.75, 3.05) is 13.6 Å². The van der Waals surface area contributed by atoms with Gasteiger partial charge in [-0.3, -0.25) is 14.8 Å². The van der Waals surface area contributed by atoms with Crippen molar-refractivity contribution in [1.82, 2.24) is 15.1 Å². The second-order valence-corrected chi connectivity index (χ2v) is 6.65. The number of H-pyrrole nitrogens is 1. The molecule has 0 spiro atoms. The second-order valence-electron chi connectivity index (χ2n) is 6.65. The lowest BCUT2D eigenvalue weighted by atomic mass is 9.95. The average Bonchev–Trinajstić information content (AvgIpc) is 2.65. The third-order valence-corrected chi connectivity index (χ3v) is 3.50. The predicted molar refractivity (Wildman–Crippen MR) is 84.4 cm³/mol. The number of hydrogen-bond donors (Lipinski definition) is 2. The Kier molecular flexibility index (Phi) is 5.72. The van der Waals surface area contributed by atoms with E-state index in [0.29, 0.717) is 6.54 Å². The van der Waals surface area contributed by atoms with Gasteiger partial charge in [0.2, 0.25) is 0 Å². The van der Waals surface area contributed by atoms with Gasteiger partial charge in [0.05, 0.1) is 5.69 Å². The molecule has 1 atom stereocenters. The van der Waals surface area contributed by atoms with Crippen molar-refractivity contribution in [1.29, 1.82) is 0 Å². The summed E-state index contributed by atoms with van der Waals surface area (Å²) >= 11 is 0. The smallest absolute Gasteiger partial charge is 0.324 e. The van der Waals surface area contributed by atoms with Gasteiger partial charge < -0.3 is 5.11 Å². The molecule has 1 rings (SSSR count). The van der Waals surface area contributed by atoms with Crippen LogP contribution in [0.4, 0.5) is 0 Å². The number of nitrogens with zero attached hydrogens (tertiary/aromatic N) is 2. The summed E-state index contributed by atoms with van der Waals surface area (Å²) in [5, 5.41) is 16.5. The van der Waals surface area contributed by atoms with Gasteiger partial charge in [0, 0.05) is 12.2 Å². The molecule has 0 amide bonds. The molecule has 1 heterocycles. The van der Waals surface area contributed by atoms with Crippen molar-refractivity contribution in [2.45, 2.75) is 47.1 Å². The van der Waals surface area contributed by atoms with Gasteiger partial charge in [-0.1, -0.05) is 32.9 Å². The van der Waals surface area contributed by atoms with Crippen molar-refractivity contribution in [3.05, 3.63) is 29.1 Å². The van der Waals surface area contributed by atoms with E-state index in [1.165, 1.54) is 5.56 Å². The highest BCUT2D eigenvalue weighted by Crippen LogP contribution is 2.16. The van der Waals surface area contributed by atoms with Crippen molar-refractivity contribution in [3.8, 4) is 0 Å². The van der Waals surface area contributed by atoms with Crippen LogP contribution in [0.25, 0.3) is 0 Å². The summed E-state index contributed by atoms with van der Waals surface area (Å²) in [5.74, 6) is -0.821. The van der Waals surface area contributed by atoms with Gasteiger partial charge in [-0.15, -0.1) is 0 Å². The Morgan fingerprint density at radius 1 is 1.43 bits per heavy atom. The molecule has 21 heavy (non-hydrogen) atoms. The standard InChI is InChI=1S/C16H27N3O2/c1-11-13(12(2)18-17-11)8-10-19(6)14(15(20)21)7-9-16(3,4)5/h7,9,14H,8,10H2,1-6H3,(H,17,18)(H,20,21). The van der Waals surface area contributed by atoms with E-state index in [9.17, 15) is 9.90 Å². The number of carboxylic acids is 1. The number of allylic oxidation sites excluding steroid dienone is 1. The van der Waals surface area contributed by atoms with Gasteiger partial charge in [0.1, 0.15) is 6.04 Å². The number of carboxylic acid groups (broad SMARTS) is 1. The van der Waals surface area contributed by atoms with Crippen LogP contribution in [0.15, 0.2) is 12.2 Å². The lowest BCUT2D eigenvalue weighted by Gasteiger charge is -2.23. The molecule has 0 saturated carbocycles. The molecule has 0 aliphatic heterocycles. The molecule has 0 radical (unpaired) electrons. The first-order valence-electron chi connectivity index (χ1n) is 7.24. The minimum atomic E-state index is -0.821. The highest BCUT2D eigenvalue weighted by Gasteiger charge is 2.21. The summed E-state index contributed by atoms with van der Waals surface area (Å²) in [5.41, 5.74) is 3.19. The zero-order chi connectivity index (χ0) is 16.2.